The SMILES string of the molecule is CC1OC1(Cl)Nc1cccc(C(F)(F)F)c1. The molecular weight excluding hydrogens is 243 g/mol. The van der Waals surface area contributed by atoms with Crippen molar-refractivity contribution in [3.63, 3.8) is 0 Å². The molecule has 0 radical (unpaired) electrons. The Bertz CT molecular complexity index is 409. The average molecular weight is 252 g/mol. The highest BCUT2D eigenvalue weighted by molar-refractivity contribution is 6.26. The Morgan fingerprint density at radius 3 is 2.56 bits per heavy atom. The van der Waals surface area contributed by atoms with E-state index in [9.17, 15) is 13.2 Å². The van der Waals surface area contributed by atoms with Crippen LogP contribution in [-0.4, -0.2) is 11.3 Å². The summed E-state index contributed by atoms with van der Waals surface area (Å²) in [5.41, 5.74) is -0.430. The zero-order valence-electron chi connectivity index (χ0n) is 8.31. The number of hydrogen-bond donors (Lipinski definition) is 1. The number of rotatable bonds is 2. The molecule has 1 aromatic rings. The summed E-state index contributed by atoms with van der Waals surface area (Å²) in [6.45, 7) is 1.73. The molecule has 1 fully saturated rings. The second-order valence-corrected chi connectivity index (χ2v) is 4.17. The lowest BCUT2D eigenvalue weighted by Gasteiger charge is -2.12. The lowest BCUT2D eigenvalue weighted by molar-refractivity contribution is -0.137. The van der Waals surface area contributed by atoms with Gasteiger partial charge in [0, 0.05) is 5.69 Å². The van der Waals surface area contributed by atoms with Gasteiger partial charge < -0.3 is 10.1 Å². The van der Waals surface area contributed by atoms with E-state index >= 15 is 0 Å². The molecule has 2 rings (SSSR count). The fourth-order valence-electron chi connectivity index (χ4n) is 1.32. The number of alkyl halides is 4. The summed E-state index contributed by atoms with van der Waals surface area (Å²) in [4.78, 5) is 0. The summed E-state index contributed by atoms with van der Waals surface area (Å²) < 4.78 is 42.2. The van der Waals surface area contributed by atoms with Gasteiger partial charge in [0.1, 0.15) is 6.10 Å². The predicted octanol–water partition coefficient (Wildman–Crippen LogP) is 3.43. The molecular formula is C10H9ClF3NO. The molecule has 1 N–H and O–H groups in total. The first-order valence-electron chi connectivity index (χ1n) is 4.63. The van der Waals surface area contributed by atoms with Gasteiger partial charge in [-0.2, -0.15) is 13.2 Å². The zero-order chi connectivity index (χ0) is 12.0. The Morgan fingerprint density at radius 1 is 1.44 bits per heavy atom. The molecule has 1 saturated heterocycles. The van der Waals surface area contributed by atoms with Gasteiger partial charge in [-0.05, 0) is 25.1 Å². The van der Waals surface area contributed by atoms with E-state index in [0.29, 0.717) is 0 Å². The summed E-state index contributed by atoms with van der Waals surface area (Å²) in [6, 6.07) is 4.83. The maximum absolute atomic E-state index is 12.4. The van der Waals surface area contributed by atoms with Gasteiger partial charge in [0.05, 0.1) is 5.56 Å². The Kier molecular flexibility index (Phi) is 2.55. The topological polar surface area (TPSA) is 24.6 Å². The summed E-state index contributed by atoms with van der Waals surface area (Å²) >= 11 is 5.88. The number of benzene rings is 1. The first kappa shape index (κ1) is 11.5. The number of anilines is 1. The van der Waals surface area contributed by atoms with E-state index in [4.69, 9.17) is 16.3 Å². The van der Waals surface area contributed by atoms with Crippen molar-refractivity contribution in [3.8, 4) is 0 Å². The van der Waals surface area contributed by atoms with Crippen LogP contribution < -0.4 is 5.32 Å². The third-order valence-corrected chi connectivity index (χ3v) is 2.81. The molecule has 2 atom stereocenters. The number of ether oxygens (including phenoxy) is 1. The van der Waals surface area contributed by atoms with Crippen molar-refractivity contribution in [1.29, 1.82) is 0 Å². The van der Waals surface area contributed by atoms with E-state index in [1.165, 1.54) is 12.1 Å². The van der Waals surface area contributed by atoms with E-state index in [-0.39, 0.29) is 11.8 Å². The molecule has 16 heavy (non-hydrogen) atoms. The van der Waals surface area contributed by atoms with Gasteiger partial charge in [-0.15, -0.1) is 0 Å². The normalized spacial score (nSPS) is 28.9. The van der Waals surface area contributed by atoms with Crippen molar-refractivity contribution in [1.82, 2.24) is 0 Å². The Hall–Kier alpha value is -0.940. The highest BCUT2D eigenvalue weighted by Crippen LogP contribution is 2.41. The standard InChI is InChI=1S/C10H9ClF3NO/c1-6-9(11,16-6)15-8-4-2-3-7(5-8)10(12,13)14/h2-6,15H,1H3. The Balaban J connectivity index is 2.17. The van der Waals surface area contributed by atoms with Gasteiger partial charge >= 0.3 is 6.18 Å². The fraction of sp³-hybridized carbons (Fsp3) is 0.400. The second-order valence-electron chi connectivity index (χ2n) is 3.61. The molecule has 2 nitrogen and oxygen atoms in total. The smallest absolute Gasteiger partial charge is 0.343 e. The Labute approximate surface area is 95.3 Å². The second kappa shape index (κ2) is 3.53. The summed E-state index contributed by atoms with van der Waals surface area (Å²) in [7, 11) is 0. The summed E-state index contributed by atoms with van der Waals surface area (Å²) in [5.74, 6) is 0. The molecule has 0 bridgehead atoms. The highest BCUT2D eigenvalue weighted by Gasteiger charge is 2.52. The summed E-state index contributed by atoms with van der Waals surface area (Å²) in [5, 5.41) is 1.63. The third-order valence-electron chi connectivity index (χ3n) is 2.32. The van der Waals surface area contributed by atoms with Crippen LogP contribution >= 0.6 is 11.6 Å². The van der Waals surface area contributed by atoms with Crippen LogP contribution in [0.3, 0.4) is 0 Å². The van der Waals surface area contributed by atoms with Crippen molar-refractivity contribution < 1.29 is 17.9 Å². The molecule has 6 heteroatoms. The van der Waals surface area contributed by atoms with Crippen LogP contribution in [0.5, 0.6) is 0 Å². The minimum atomic E-state index is -4.35. The molecule has 2 unspecified atom stereocenters. The van der Waals surface area contributed by atoms with Gasteiger partial charge in [-0.3, -0.25) is 0 Å². The molecule has 0 aromatic heterocycles. The molecule has 0 saturated carbocycles. The number of nitrogens with one attached hydrogen (secondary N) is 1. The first-order valence-corrected chi connectivity index (χ1v) is 5.01. The van der Waals surface area contributed by atoms with Gasteiger partial charge in [0.2, 0.25) is 5.18 Å². The molecule has 0 aliphatic carbocycles. The molecule has 1 aliphatic rings. The van der Waals surface area contributed by atoms with Gasteiger partial charge in [-0.25, -0.2) is 0 Å². The van der Waals surface area contributed by atoms with Crippen LogP contribution in [0.4, 0.5) is 18.9 Å². The van der Waals surface area contributed by atoms with Crippen LogP contribution in [0.15, 0.2) is 24.3 Å². The number of epoxide rings is 1. The molecule has 88 valence electrons. The van der Waals surface area contributed by atoms with Crippen LogP contribution in [0.2, 0.25) is 0 Å². The van der Waals surface area contributed by atoms with Gasteiger partial charge in [0.25, 0.3) is 0 Å². The monoisotopic (exact) mass is 251 g/mol. The quantitative estimate of drug-likeness (QED) is 0.495. The van der Waals surface area contributed by atoms with E-state index in [0.717, 1.165) is 12.1 Å². The van der Waals surface area contributed by atoms with E-state index < -0.39 is 16.9 Å². The van der Waals surface area contributed by atoms with Crippen molar-refractivity contribution >= 4 is 17.3 Å². The predicted molar refractivity (Wildman–Crippen MR) is 54.2 cm³/mol. The highest BCUT2D eigenvalue weighted by atomic mass is 35.5. The third kappa shape index (κ3) is 2.25. The molecule has 1 aromatic carbocycles. The largest absolute Gasteiger partial charge is 0.416 e. The Morgan fingerprint density at radius 2 is 2.06 bits per heavy atom. The van der Waals surface area contributed by atoms with E-state index in [1.54, 1.807) is 6.92 Å². The van der Waals surface area contributed by atoms with Crippen molar-refractivity contribution in [3.05, 3.63) is 29.8 Å². The average Bonchev–Trinajstić information content (AvgIpc) is 2.72. The van der Waals surface area contributed by atoms with Crippen molar-refractivity contribution in [2.75, 3.05) is 5.32 Å². The molecule has 1 aliphatic heterocycles. The van der Waals surface area contributed by atoms with Crippen LogP contribution in [0, 0.1) is 0 Å². The van der Waals surface area contributed by atoms with Crippen molar-refractivity contribution in [2.45, 2.75) is 24.4 Å². The van der Waals surface area contributed by atoms with Crippen LogP contribution in [0.25, 0.3) is 0 Å². The number of hydrogen-bond acceptors (Lipinski definition) is 2. The van der Waals surface area contributed by atoms with E-state index in [1.807, 2.05) is 0 Å². The zero-order valence-corrected chi connectivity index (χ0v) is 9.06. The lowest BCUT2D eigenvalue weighted by Crippen LogP contribution is -2.18. The van der Waals surface area contributed by atoms with Gasteiger partial charge in [0.15, 0.2) is 0 Å². The van der Waals surface area contributed by atoms with Crippen LogP contribution in [-0.2, 0) is 10.9 Å². The molecule has 1 heterocycles. The summed E-state index contributed by atoms with van der Waals surface area (Å²) in [6.07, 6.45) is -4.57. The van der Waals surface area contributed by atoms with E-state index in [2.05, 4.69) is 5.32 Å². The molecule has 0 amide bonds. The van der Waals surface area contributed by atoms with Gasteiger partial charge in [-0.1, -0.05) is 17.7 Å². The molecule has 0 spiro atoms. The maximum Gasteiger partial charge on any atom is 0.416 e. The van der Waals surface area contributed by atoms with Crippen molar-refractivity contribution in [2.24, 2.45) is 0 Å². The number of halogens is 4. The fourth-order valence-corrected chi connectivity index (χ4v) is 1.57. The first-order chi connectivity index (χ1) is 7.31. The maximum atomic E-state index is 12.4. The minimum absolute atomic E-state index is 0.219. The minimum Gasteiger partial charge on any atom is -0.343 e. The van der Waals surface area contributed by atoms with Crippen LogP contribution in [0.1, 0.15) is 12.5 Å². The lowest BCUT2D eigenvalue weighted by atomic mass is 10.2.